The van der Waals surface area contributed by atoms with Crippen LogP contribution in [0.15, 0.2) is 28.9 Å². The van der Waals surface area contributed by atoms with E-state index in [0.717, 1.165) is 4.34 Å². The molecule has 0 aliphatic rings. The van der Waals surface area contributed by atoms with Crippen molar-refractivity contribution in [3.63, 3.8) is 0 Å². The molecular formula is C11H9ClN2O2S2. The zero-order valence-corrected chi connectivity index (χ0v) is 11.8. The highest BCUT2D eigenvalue weighted by atomic mass is 35.5. The van der Waals surface area contributed by atoms with Gasteiger partial charge in [0.25, 0.3) is 0 Å². The Kier molecular flexibility index (Phi) is 4.57. The maximum Gasteiger partial charge on any atom is 0.173 e. The first-order chi connectivity index (χ1) is 8.70. The van der Waals surface area contributed by atoms with Gasteiger partial charge in [-0.25, -0.2) is 4.98 Å². The van der Waals surface area contributed by atoms with Gasteiger partial charge in [0.2, 0.25) is 0 Å². The van der Waals surface area contributed by atoms with Crippen molar-refractivity contribution in [2.45, 2.75) is 4.34 Å². The molecule has 7 heteroatoms. The van der Waals surface area contributed by atoms with Gasteiger partial charge in [-0.1, -0.05) is 23.4 Å². The molecule has 0 spiro atoms. The minimum atomic E-state index is -0.000229. The fourth-order valence-electron chi connectivity index (χ4n) is 1.28. The summed E-state index contributed by atoms with van der Waals surface area (Å²) in [5, 5.41) is 0.435. The fourth-order valence-corrected chi connectivity index (χ4v) is 2.87. The zero-order chi connectivity index (χ0) is 13.0. The highest BCUT2D eigenvalue weighted by molar-refractivity contribution is 8.01. The lowest BCUT2D eigenvalue weighted by Crippen LogP contribution is -2.02. The predicted molar refractivity (Wildman–Crippen MR) is 73.0 cm³/mol. The van der Waals surface area contributed by atoms with E-state index in [0.29, 0.717) is 22.1 Å². The number of thioether (sulfide) groups is 1. The maximum absolute atomic E-state index is 11.9. The SMILES string of the molecule is COc1ccc(C(=O)CSc2ncns2)cc1Cl. The van der Waals surface area contributed by atoms with E-state index >= 15 is 0 Å². The van der Waals surface area contributed by atoms with Gasteiger partial charge in [-0.05, 0) is 29.7 Å². The fraction of sp³-hybridized carbons (Fsp3) is 0.182. The van der Waals surface area contributed by atoms with Crippen LogP contribution in [0.3, 0.4) is 0 Å². The first-order valence-corrected chi connectivity index (χ1v) is 7.10. The van der Waals surface area contributed by atoms with Crippen LogP contribution in [0.25, 0.3) is 0 Å². The molecule has 18 heavy (non-hydrogen) atoms. The molecule has 94 valence electrons. The quantitative estimate of drug-likeness (QED) is 0.627. The number of rotatable bonds is 5. The average Bonchev–Trinajstić information content (AvgIpc) is 2.89. The molecule has 1 heterocycles. The van der Waals surface area contributed by atoms with E-state index in [9.17, 15) is 4.79 Å². The molecule has 2 aromatic rings. The molecule has 0 fully saturated rings. The molecule has 0 radical (unpaired) electrons. The van der Waals surface area contributed by atoms with Crippen molar-refractivity contribution in [1.29, 1.82) is 0 Å². The van der Waals surface area contributed by atoms with Gasteiger partial charge in [0.05, 0.1) is 17.9 Å². The zero-order valence-electron chi connectivity index (χ0n) is 9.42. The number of ketones is 1. The summed E-state index contributed by atoms with van der Waals surface area (Å²) in [5.74, 6) is 0.877. The van der Waals surface area contributed by atoms with Crippen LogP contribution in [-0.2, 0) is 0 Å². The van der Waals surface area contributed by atoms with Crippen LogP contribution in [0, 0.1) is 0 Å². The number of nitrogens with zero attached hydrogens (tertiary/aromatic N) is 2. The van der Waals surface area contributed by atoms with Crippen molar-refractivity contribution >= 4 is 40.7 Å². The summed E-state index contributed by atoms with van der Waals surface area (Å²) in [4.78, 5) is 15.9. The van der Waals surface area contributed by atoms with Gasteiger partial charge in [0.15, 0.2) is 10.1 Å². The Hall–Kier alpha value is -1.11. The minimum Gasteiger partial charge on any atom is -0.495 e. The highest BCUT2D eigenvalue weighted by Crippen LogP contribution is 2.26. The standard InChI is InChI=1S/C11H9ClN2O2S2/c1-16-10-3-2-7(4-8(10)12)9(15)5-17-11-13-6-14-18-11/h2-4,6H,5H2,1H3. The number of methoxy groups -OCH3 is 1. The first kappa shape index (κ1) is 13.3. The number of hydrogen-bond acceptors (Lipinski definition) is 6. The van der Waals surface area contributed by atoms with E-state index in [1.54, 1.807) is 18.2 Å². The Balaban J connectivity index is 2.02. The van der Waals surface area contributed by atoms with Gasteiger partial charge in [-0.15, -0.1) is 0 Å². The molecule has 0 N–H and O–H groups in total. The van der Waals surface area contributed by atoms with E-state index < -0.39 is 0 Å². The van der Waals surface area contributed by atoms with Gasteiger partial charge in [-0.2, -0.15) is 4.37 Å². The van der Waals surface area contributed by atoms with E-state index in [4.69, 9.17) is 16.3 Å². The largest absolute Gasteiger partial charge is 0.495 e. The number of aromatic nitrogens is 2. The highest BCUT2D eigenvalue weighted by Gasteiger charge is 2.10. The molecule has 0 saturated heterocycles. The number of carbonyl (C=O) groups is 1. The first-order valence-electron chi connectivity index (χ1n) is 4.97. The summed E-state index contributed by atoms with van der Waals surface area (Å²) >= 11 is 8.61. The Labute approximate surface area is 118 Å². The van der Waals surface area contributed by atoms with Crippen LogP contribution < -0.4 is 4.74 Å². The molecule has 0 saturated carbocycles. The summed E-state index contributed by atoms with van der Waals surface area (Å²) in [6.45, 7) is 0. The van der Waals surface area contributed by atoms with Crippen LogP contribution in [0.1, 0.15) is 10.4 Å². The summed E-state index contributed by atoms with van der Waals surface area (Å²) in [7, 11) is 1.54. The second-order valence-corrected chi connectivity index (χ2v) is 5.68. The number of hydrogen-bond donors (Lipinski definition) is 0. The number of benzene rings is 1. The maximum atomic E-state index is 11.9. The summed E-state index contributed by atoms with van der Waals surface area (Å²) < 4.78 is 9.68. The van der Waals surface area contributed by atoms with Gasteiger partial charge in [0, 0.05) is 5.56 Å². The van der Waals surface area contributed by atoms with Crippen molar-refractivity contribution in [1.82, 2.24) is 9.36 Å². The molecule has 0 unspecified atom stereocenters. The average molecular weight is 301 g/mol. The predicted octanol–water partition coefficient (Wildman–Crippen LogP) is 3.18. The third kappa shape index (κ3) is 3.22. The van der Waals surface area contributed by atoms with Gasteiger partial charge in [-0.3, -0.25) is 4.79 Å². The third-order valence-electron chi connectivity index (χ3n) is 2.14. The van der Waals surface area contributed by atoms with Crippen LogP contribution in [-0.4, -0.2) is 28.0 Å². The Morgan fingerprint density at radius 1 is 1.56 bits per heavy atom. The van der Waals surface area contributed by atoms with Crippen LogP contribution in [0.5, 0.6) is 5.75 Å². The van der Waals surface area contributed by atoms with Crippen molar-refractivity contribution in [3.8, 4) is 5.75 Å². The molecule has 0 aliphatic carbocycles. The topological polar surface area (TPSA) is 52.1 Å². The van der Waals surface area contributed by atoms with Crippen molar-refractivity contribution in [2.75, 3.05) is 12.9 Å². The lowest BCUT2D eigenvalue weighted by atomic mass is 10.1. The second kappa shape index (κ2) is 6.17. The second-order valence-electron chi connectivity index (χ2n) is 3.27. The van der Waals surface area contributed by atoms with E-state index in [1.165, 1.54) is 36.7 Å². The van der Waals surface area contributed by atoms with E-state index in [-0.39, 0.29) is 5.78 Å². The molecule has 2 rings (SSSR count). The molecule has 1 aromatic carbocycles. The molecule has 0 atom stereocenters. The van der Waals surface area contributed by atoms with Gasteiger partial charge >= 0.3 is 0 Å². The number of halogens is 1. The number of ether oxygens (including phenoxy) is 1. The number of carbonyl (C=O) groups excluding carboxylic acids is 1. The normalized spacial score (nSPS) is 10.3. The van der Waals surface area contributed by atoms with Gasteiger partial charge in [0.1, 0.15) is 12.1 Å². The molecule has 0 amide bonds. The van der Waals surface area contributed by atoms with Crippen molar-refractivity contribution in [2.24, 2.45) is 0 Å². The molecular weight excluding hydrogens is 292 g/mol. The Morgan fingerprint density at radius 3 is 3.00 bits per heavy atom. The van der Waals surface area contributed by atoms with Crippen LogP contribution >= 0.6 is 34.9 Å². The number of Topliss-reactive ketones (excluding diaryl/α,β-unsaturated/α-hetero) is 1. The smallest absolute Gasteiger partial charge is 0.173 e. The van der Waals surface area contributed by atoms with Crippen LogP contribution in [0.4, 0.5) is 0 Å². The van der Waals surface area contributed by atoms with Crippen molar-refractivity contribution < 1.29 is 9.53 Å². The molecule has 0 bridgehead atoms. The summed E-state index contributed by atoms with van der Waals surface area (Å²) in [6, 6.07) is 5.00. The lowest BCUT2D eigenvalue weighted by molar-refractivity contribution is 0.102. The van der Waals surface area contributed by atoms with E-state index in [1.807, 2.05) is 0 Å². The molecule has 0 aliphatic heterocycles. The van der Waals surface area contributed by atoms with Crippen LogP contribution in [0.2, 0.25) is 5.02 Å². The molecule has 4 nitrogen and oxygen atoms in total. The lowest BCUT2D eigenvalue weighted by Gasteiger charge is -2.04. The molecule has 1 aromatic heterocycles. The monoisotopic (exact) mass is 300 g/mol. The summed E-state index contributed by atoms with van der Waals surface area (Å²) in [6.07, 6.45) is 1.47. The summed E-state index contributed by atoms with van der Waals surface area (Å²) in [5.41, 5.74) is 0.567. The van der Waals surface area contributed by atoms with Gasteiger partial charge < -0.3 is 4.74 Å². The third-order valence-corrected chi connectivity index (χ3v) is 4.23. The Morgan fingerprint density at radius 2 is 2.39 bits per heavy atom. The Bertz CT molecular complexity index is 546. The minimum absolute atomic E-state index is 0.000229. The van der Waals surface area contributed by atoms with E-state index in [2.05, 4.69) is 9.36 Å². The van der Waals surface area contributed by atoms with Crippen molar-refractivity contribution in [3.05, 3.63) is 35.1 Å².